The van der Waals surface area contributed by atoms with Crippen molar-refractivity contribution >= 4 is 17.4 Å². The van der Waals surface area contributed by atoms with Gasteiger partial charge in [-0.3, -0.25) is 10.1 Å². The summed E-state index contributed by atoms with van der Waals surface area (Å²) in [5, 5.41) is 49.4. The van der Waals surface area contributed by atoms with Crippen LogP contribution >= 0.6 is 11.8 Å². The van der Waals surface area contributed by atoms with E-state index in [4.69, 9.17) is 9.47 Å². The largest absolute Gasteiger partial charge is 0.394 e. The fourth-order valence-electron chi connectivity index (χ4n) is 3.17. The lowest BCUT2D eigenvalue weighted by atomic mass is 9.99. The third-order valence-corrected chi connectivity index (χ3v) is 6.05. The highest BCUT2D eigenvalue weighted by molar-refractivity contribution is 7.99. The van der Waals surface area contributed by atoms with E-state index >= 15 is 0 Å². The molecule has 3 rings (SSSR count). The van der Waals surface area contributed by atoms with Crippen molar-refractivity contribution in [1.82, 2.24) is 0 Å². The van der Waals surface area contributed by atoms with Crippen LogP contribution in [0.2, 0.25) is 0 Å². The quantitative estimate of drug-likeness (QED) is 0.193. The van der Waals surface area contributed by atoms with E-state index in [-0.39, 0.29) is 12.3 Å². The lowest BCUT2D eigenvalue weighted by Gasteiger charge is -2.39. The second kappa shape index (κ2) is 11.0. The molecule has 168 valence electrons. The molecular weight excluding hydrogens is 426 g/mol. The molecule has 1 aliphatic rings. The highest BCUT2D eigenvalue weighted by atomic mass is 32.2. The highest BCUT2D eigenvalue weighted by Crippen LogP contribution is 2.26. The Labute approximate surface area is 183 Å². The Morgan fingerprint density at radius 3 is 2.16 bits per heavy atom. The lowest BCUT2D eigenvalue weighted by Crippen LogP contribution is -2.59. The first-order valence-corrected chi connectivity index (χ1v) is 10.8. The van der Waals surface area contributed by atoms with E-state index in [9.17, 15) is 30.5 Å². The first-order valence-electron chi connectivity index (χ1n) is 9.80. The smallest absolute Gasteiger partial charge is 0.269 e. The highest BCUT2D eigenvalue weighted by Gasteiger charge is 2.43. The van der Waals surface area contributed by atoms with Gasteiger partial charge in [0, 0.05) is 22.8 Å². The van der Waals surface area contributed by atoms with E-state index < -0.39 is 42.2 Å². The molecule has 1 saturated heterocycles. The van der Waals surface area contributed by atoms with Crippen molar-refractivity contribution in [3.8, 4) is 11.1 Å². The zero-order valence-electron chi connectivity index (χ0n) is 16.6. The zero-order chi connectivity index (χ0) is 22.4. The molecular formula is C21H25NO8S. The maximum Gasteiger partial charge on any atom is 0.269 e. The van der Waals surface area contributed by atoms with Crippen molar-refractivity contribution in [1.29, 1.82) is 0 Å². The molecule has 9 nitrogen and oxygen atoms in total. The first kappa shape index (κ1) is 23.6. The Balaban J connectivity index is 1.42. The molecule has 31 heavy (non-hydrogen) atoms. The third-order valence-electron chi connectivity index (χ3n) is 4.95. The van der Waals surface area contributed by atoms with Crippen LogP contribution in [0.5, 0.6) is 0 Å². The molecule has 1 aliphatic heterocycles. The standard InChI is InChI=1S/C21H25NO8S/c23-12-17-18(24)19(25)20(26)21(30-17)29-10-1-11-31-16-8-4-14(5-9-16)13-2-6-15(7-3-13)22(27)28/h2-9,17-21,23-26H,1,10-12H2/t17-,18-,19+,20-,21-/m1/s1. The van der Waals surface area contributed by atoms with E-state index in [1.165, 1.54) is 12.1 Å². The molecule has 0 unspecified atom stereocenters. The van der Waals surface area contributed by atoms with Crippen LogP contribution in [-0.4, -0.2) is 75.0 Å². The van der Waals surface area contributed by atoms with E-state index in [2.05, 4.69) is 0 Å². The summed E-state index contributed by atoms with van der Waals surface area (Å²) in [5.41, 5.74) is 1.92. The number of ether oxygens (including phenoxy) is 2. The normalized spacial score (nSPS) is 26.0. The van der Waals surface area contributed by atoms with Gasteiger partial charge in [0.05, 0.1) is 18.1 Å². The lowest BCUT2D eigenvalue weighted by molar-refractivity contribution is -0.384. The SMILES string of the molecule is O=[N+]([O-])c1ccc(-c2ccc(SCCCO[C@@H]3O[C@H](CO)[C@@H](O)[C@H](O)[C@H]3O)cc2)cc1. The van der Waals surface area contributed by atoms with Crippen molar-refractivity contribution in [3.05, 3.63) is 58.6 Å². The summed E-state index contributed by atoms with van der Waals surface area (Å²) in [4.78, 5) is 11.4. The number of hydrogen-bond acceptors (Lipinski definition) is 9. The minimum atomic E-state index is -1.44. The Hall–Kier alpha value is -2.05. The van der Waals surface area contributed by atoms with E-state index in [1.54, 1.807) is 23.9 Å². The monoisotopic (exact) mass is 451 g/mol. The number of hydrogen-bond donors (Lipinski definition) is 4. The van der Waals surface area contributed by atoms with Crippen LogP contribution in [0.3, 0.4) is 0 Å². The Morgan fingerprint density at radius 1 is 0.968 bits per heavy atom. The van der Waals surface area contributed by atoms with Crippen LogP contribution in [0.1, 0.15) is 6.42 Å². The average molecular weight is 451 g/mol. The van der Waals surface area contributed by atoms with Gasteiger partial charge in [-0.05, 0) is 41.8 Å². The van der Waals surface area contributed by atoms with Crippen molar-refractivity contribution in [2.24, 2.45) is 0 Å². The molecule has 2 aromatic carbocycles. The van der Waals surface area contributed by atoms with E-state index in [0.29, 0.717) is 6.42 Å². The third kappa shape index (κ3) is 6.01. The van der Waals surface area contributed by atoms with Crippen molar-refractivity contribution in [2.45, 2.75) is 42.0 Å². The van der Waals surface area contributed by atoms with Crippen LogP contribution in [0.25, 0.3) is 11.1 Å². The number of non-ortho nitro benzene ring substituents is 1. The number of nitrogens with zero attached hydrogens (tertiary/aromatic N) is 1. The van der Waals surface area contributed by atoms with Crippen LogP contribution < -0.4 is 0 Å². The number of aliphatic hydroxyl groups is 4. The van der Waals surface area contributed by atoms with Crippen molar-refractivity contribution < 1.29 is 34.8 Å². The molecule has 5 atom stereocenters. The molecule has 0 aromatic heterocycles. The van der Waals surface area contributed by atoms with Crippen LogP contribution in [0, 0.1) is 10.1 Å². The minimum absolute atomic E-state index is 0.0573. The summed E-state index contributed by atoms with van der Waals surface area (Å²) in [6.45, 7) is -0.215. The first-order chi connectivity index (χ1) is 14.9. The average Bonchev–Trinajstić information content (AvgIpc) is 2.79. The zero-order valence-corrected chi connectivity index (χ0v) is 17.4. The van der Waals surface area contributed by atoms with Crippen molar-refractivity contribution in [2.75, 3.05) is 19.0 Å². The molecule has 4 N–H and O–H groups in total. The Bertz CT molecular complexity index is 845. The molecule has 0 bridgehead atoms. The van der Waals surface area contributed by atoms with Crippen LogP contribution in [0.15, 0.2) is 53.4 Å². The second-order valence-electron chi connectivity index (χ2n) is 7.10. The molecule has 1 fully saturated rings. The number of nitro benzene ring substituents is 1. The number of thioether (sulfide) groups is 1. The Morgan fingerprint density at radius 2 is 1.58 bits per heavy atom. The summed E-state index contributed by atoms with van der Waals surface area (Å²) < 4.78 is 10.8. The number of aliphatic hydroxyl groups excluding tert-OH is 4. The van der Waals surface area contributed by atoms with Crippen molar-refractivity contribution in [3.63, 3.8) is 0 Å². The van der Waals surface area contributed by atoms with Gasteiger partial charge in [0.2, 0.25) is 0 Å². The summed E-state index contributed by atoms with van der Waals surface area (Å²) in [7, 11) is 0. The molecule has 0 aliphatic carbocycles. The predicted octanol–water partition coefficient (Wildman–Crippen LogP) is 1.56. The molecule has 10 heteroatoms. The van der Waals surface area contributed by atoms with Gasteiger partial charge in [-0.15, -0.1) is 11.8 Å². The minimum Gasteiger partial charge on any atom is -0.394 e. The second-order valence-corrected chi connectivity index (χ2v) is 8.27. The van der Waals surface area contributed by atoms with E-state index in [1.807, 2.05) is 24.3 Å². The van der Waals surface area contributed by atoms with Gasteiger partial charge in [0.15, 0.2) is 6.29 Å². The molecule has 2 aromatic rings. The predicted molar refractivity (Wildman–Crippen MR) is 114 cm³/mol. The van der Waals surface area contributed by atoms with E-state index in [0.717, 1.165) is 21.8 Å². The Kier molecular flexibility index (Phi) is 8.38. The van der Waals surface area contributed by atoms with Crippen LogP contribution in [0.4, 0.5) is 5.69 Å². The molecule has 0 spiro atoms. The van der Waals surface area contributed by atoms with Gasteiger partial charge < -0.3 is 29.9 Å². The van der Waals surface area contributed by atoms with Gasteiger partial charge >= 0.3 is 0 Å². The maximum atomic E-state index is 10.7. The molecule has 0 amide bonds. The topological polar surface area (TPSA) is 143 Å². The summed E-state index contributed by atoms with van der Waals surface area (Å²) in [6, 6.07) is 14.2. The van der Waals surface area contributed by atoms with Gasteiger partial charge in [0.1, 0.15) is 24.4 Å². The molecule has 0 saturated carbocycles. The number of rotatable bonds is 9. The van der Waals surface area contributed by atoms with Gasteiger partial charge in [-0.2, -0.15) is 0 Å². The molecule has 1 heterocycles. The number of nitro groups is 1. The fraction of sp³-hybridized carbons (Fsp3) is 0.429. The summed E-state index contributed by atoms with van der Waals surface area (Å²) in [6.07, 6.45) is -5.67. The van der Waals surface area contributed by atoms with Gasteiger partial charge in [-0.25, -0.2) is 0 Å². The molecule has 0 radical (unpaired) electrons. The fourth-order valence-corrected chi connectivity index (χ4v) is 4.00. The summed E-state index contributed by atoms with van der Waals surface area (Å²) >= 11 is 1.62. The van der Waals surface area contributed by atoms with Crippen LogP contribution in [-0.2, 0) is 9.47 Å². The summed E-state index contributed by atoms with van der Waals surface area (Å²) in [5.74, 6) is 0.744. The van der Waals surface area contributed by atoms with Gasteiger partial charge in [-0.1, -0.05) is 12.1 Å². The number of benzene rings is 2. The maximum absolute atomic E-state index is 10.7. The van der Waals surface area contributed by atoms with Gasteiger partial charge in [0.25, 0.3) is 5.69 Å².